The molecule has 4 rings (SSSR count). The number of methoxy groups -OCH3 is 1. The molecular weight excluding hydrogens is 438 g/mol. The molecule has 0 saturated carbocycles. The zero-order chi connectivity index (χ0) is 23.5. The minimum Gasteiger partial charge on any atom is -0.507 e. The lowest BCUT2D eigenvalue weighted by molar-refractivity contribution is -0.132. The Morgan fingerprint density at radius 3 is 2.48 bits per heavy atom. The first-order valence-corrected chi connectivity index (χ1v) is 11.6. The standard InChI is InChI=1S/C26H25NO5S/c1-4-13-32-19-10-8-17(9-11-19)23(28)21-22(25-16(2)12-14-33-25)27(26(30)24(21)29)18-6-5-7-20(15-18)31-3/h5-12,14-15,22,28H,4,13H2,1-3H3/b23-21-. The number of amides is 1. The van der Waals surface area contributed by atoms with E-state index in [4.69, 9.17) is 9.47 Å². The van der Waals surface area contributed by atoms with E-state index in [9.17, 15) is 14.7 Å². The maximum Gasteiger partial charge on any atom is 0.300 e. The molecule has 1 aliphatic heterocycles. The molecule has 7 heteroatoms. The molecule has 1 unspecified atom stereocenters. The Morgan fingerprint density at radius 2 is 1.85 bits per heavy atom. The van der Waals surface area contributed by atoms with Crippen molar-refractivity contribution in [1.29, 1.82) is 0 Å². The highest BCUT2D eigenvalue weighted by atomic mass is 32.1. The minimum atomic E-state index is -0.742. The van der Waals surface area contributed by atoms with Crippen molar-refractivity contribution in [2.75, 3.05) is 18.6 Å². The van der Waals surface area contributed by atoms with Crippen LogP contribution in [0.1, 0.15) is 35.4 Å². The molecule has 3 aromatic rings. The van der Waals surface area contributed by atoms with Crippen molar-refractivity contribution in [1.82, 2.24) is 0 Å². The van der Waals surface area contributed by atoms with Crippen molar-refractivity contribution >= 4 is 34.5 Å². The zero-order valence-electron chi connectivity index (χ0n) is 18.7. The average molecular weight is 464 g/mol. The predicted molar refractivity (Wildman–Crippen MR) is 129 cm³/mol. The molecule has 1 saturated heterocycles. The fraction of sp³-hybridized carbons (Fsp3) is 0.231. The molecule has 6 nitrogen and oxygen atoms in total. The van der Waals surface area contributed by atoms with Gasteiger partial charge in [0.25, 0.3) is 11.7 Å². The average Bonchev–Trinajstić information content (AvgIpc) is 3.37. The van der Waals surface area contributed by atoms with Crippen LogP contribution in [0.2, 0.25) is 0 Å². The number of aliphatic hydroxyl groups excluding tert-OH is 1. The second-order valence-electron chi connectivity index (χ2n) is 7.71. The van der Waals surface area contributed by atoms with Gasteiger partial charge in [0, 0.05) is 22.2 Å². The first-order chi connectivity index (χ1) is 16.0. The van der Waals surface area contributed by atoms with Gasteiger partial charge >= 0.3 is 0 Å². The van der Waals surface area contributed by atoms with Crippen LogP contribution in [0, 0.1) is 6.92 Å². The lowest BCUT2D eigenvalue weighted by Crippen LogP contribution is -2.29. The van der Waals surface area contributed by atoms with Crippen LogP contribution in [0.5, 0.6) is 11.5 Å². The molecule has 1 N–H and O–H groups in total. The monoisotopic (exact) mass is 463 g/mol. The normalized spacial score (nSPS) is 17.4. The van der Waals surface area contributed by atoms with E-state index >= 15 is 0 Å². The van der Waals surface area contributed by atoms with Gasteiger partial charge in [-0.05, 0) is 66.8 Å². The smallest absolute Gasteiger partial charge is 0.300 e. The lowest BCUT2D eigenvalue weighted by Gasteiger charge is -2.25. The number of hydrogen-bond acceptors (Lipinski definition) is 6. The van der Waals surface area contributed by atoms with E-state index in [1.165, 1.54) is 16.2 Å². The number of carbonyl (C=O) groups is 2. The van der Waals surface area contributed by atoms with E-state index < -0.39 is 17.7 Å². The second kappa shape index (κ2) is 9.50. The molecule has 0 bridgehead atoms. The van der Waals surface area contributed by atoms with Gasteiger partial charge in [0.1, 0.15) is 23.3 Å². The fourth-order valence-corrected chi connectivity index (χ4v) is 4.88. The number of rotatable bonds is 7. The molecule has 2 heterocycles. The summed E-state index contributed by atoms with van der Waals surface area (Å²) < 4.78 is 10.9. The van der Waals surface area contributed by atoms with Crippen LogP contribution in [-0.4, -0.2) is 30.5 Å². The summed E-state index contributed by atoms with van der Waals surface area (Å²) in [7, 11) is 1.54. The number of thiophene rings is 1. The number of carbonyl (C=O) groups excluding carboxylic acids is 2. The van der Waals surface area contributed by atoms with E-state index in [-0.39, 0.29) is 11.3 Å². The summed E-state index contributed by atoms with van der Waals surface area (Å²) in [6, 6.07) is 15.1. The molecular formula is C26H25NO5S. The van der Waals surface area contributed by atoms with Crippen LogP contribution in [0.4, 0.5) is 5.69 Å². The fourth-order valence-electron chi connectivity index (χ4n) is 3.86. The van der Waals surface area contributed by atoms with Gasteiger partial charge in [-0.15, -0.1) is 11.3 Å². The first kappa shape index (κ1) is 22.6. The molecule has 0 spiro atoms. The summed E-state index contributed by atoms with van der Waals surface area (Å²) in [6.45, 7) is 4.54. The van der Waals surface area contributed by atoms with Gasteiger partial charge in [0.2, 0.25) is 0 Å². The second-order valence-corrected chi connectivity index (χ2v) is 8.66. The number of anilines is 1. The van der Waals surface area contributed by atoms with Crippen molar-refractivity contribution in [3.63, 3.8) is 0 Å². The SMILES string of the molecule is CCCOc1ccc(/C(O)=C2/C(=O)C(=O)N(c3cccc(OC)c3)C2c2sccc2C)cc1. The number of aliphatic hydroxyl groups is 1. The largest absolute Gasteiger partial charge is 0.507 e. The van der Waals surface area contributed by atoms with Gasteiger partial charge in [0.15, 0.2) is 0 Å². The van der Waals surface area contributed by atoms with Crippen molar-refractivity contribution in [3.05, 3.63) is 81.6 Å². The number of aryl methyl sites for hydroxylation is 1. The van der Waals surface area contributed by atoms with Crippen molar-refractivity contribution in [2.45, 2.75) is 26.3 Å². The highest BCUT2D eigenvalue weighted by molar-refractivity contribution is 7.10. The number of ether oxygens (including phenoxy) is 2. The van der Waals surface area contributed by atoms with Gasteiger partial charge < -0.3 is 14.6 Å². The Labute approximate surface area is 196 Å². The Balaban J connectivity index is 1.84. The topological polar surface area (TPSA) is 76.1 Å². The van der Waals surface area contributed by atoms with Crippen molar-refractivity contribution in [2.24, 2.45) is 0 Å². The van der Waals surface area contributed by atoms with Gasteiger partial charge in [-0.25, -0.2) is 0 Å². The molecule has 2 aromatic carbocycles. The highest BCUT2D eigenvalue weighted by Crippen LogP contribution is 2.45. The molecule has 170 valence electrons. The number of nitrogens with zero attached hydrogens (tertiary/aromatic N) is 1. The Kier molecular flexibility index (Phi) is 6.51. The number of Topliss-reactive ketones (excluding diaryl/α,β-unsaturated/α-hetero) is 1. The summed E-state index contributed by atoms with van der Waals surface area (Å²) in [6.07, 6.45) is 0.885. The summed E-state index contributed by atoms with van der Waals surface area (Å²) in [4.78, 5) is 28.7. The molecule has 0 radical (unpaired) electrons. The molecule has 1 aliphatic rings. The third-order valence-corrected chi connectivity index (χ3v) is 6.60. The number of ketones is 1. The molecule has 1 amide bonds. The van der Waals surface area contributed by atoms with E-state index in [2.05, 4.69) is 0 Å². The predicted octanol–water partition coefficient (Wildman–Crippen LogP) is 5.48. The number of hydrogen-bond donors (Lipinski definition) is 1. The van der Waals surface area contributed by atoms with Crippen molar-refractivity contribution < 1.29 is 24.2 Å². The molecule has 0 aliphatic carbocycles. The molecule has 1 fully saturated rings. The van der Waals surface area contributed by atoms with Crippen molar-refractivity contribution in [3.8, 4) is 11.5 Å². The molecule has 1 aromatic heterocycles. The summed E-state index contributed by atoms with van der Waals surface area (Å²) in [5.74, 6) is -0.377. The van der Waals surface area contributed by atoms with E-state index in [1.54, 1.807) is 55.6 Å². The molecule has 33 heavy (non-hydrogen) atoms. The third kappa shape index (κ3) is 4.24. The maximum atomic E-state index is 13.2. The summed E-state index contributed by atoms with van der Waals surface area (Å²) >= 11 is 1.44. The van der Waals surface area contributed by atoms with E-state index in [0.29, 0.717) is 29.4 Å². The van der Waals surface area contributed by atoms with Crippen LogP contribution in [0.15, 0.2) is 65.6 Å². The van der Waals surface area contributed by atoms with Crippen LogP contribution >= 0.6 is 11.3 Å². The van der Waals surface area contributed by atoms with Crippen LogP contribution in [0.25, 0.3) is 5.76 Å². The summed E-state index contributed by atoms with van der Waals surface area (Å²) in [5, 5.41) is 13.1. The summed E-state index contributed by atoms with van der Waals surface area (Å²) in [5.41, 5.74) is 1.97. The van der Waals surface area contributed by atoms with Gasteiger partial charge in [-0.3, -0.25) is 14.5 Å². The highest BCUT2D eigenvalue weighted by Gasteiger charge is 2.48. The van der Waals surface area contributed by atoms with E-state index in [0.717, 1.165) is 16.9 Å². The van der Waals surface area contributed by atoms with Gasteiger partial charge in [-0.2, -0.15) is 0 Å². The van der Waals surface area contributed by atoms with Crippen LogP contribution in [0.3, 0.4) is 0 Å². The minimum absolute atomic E-state index is 0.0654. The van der Waals surface area contributed by atoms with Gasteiger partial charge in [0.05, 0.1) is 19.3 Å². The van der Waals surface area contributed by atoms with E-state index in [1.807, 2.05) is 25.3 Å². The Hall–Kier alpha value is -3.58. The zero-order valence-corrected chi connectivity index (χ0v) is 19.5. The first-order valence-electron chi connectivity index (χ1n) is 10.7. The van der Waals surface area contributed by atoms with Crippen LogP contribution in [-0.2, 0) is 9.59 Å². The van der Waals surface area contributed by atoms with Crippen LogP contribution < -0.4 is 14.4 Å². The number of benzene rings is 2. The third-order valence-electron chi connectivity index (χ3n) is 5.53. The molecule has 1 atom stereocenters. The van der Waals surface area contributed by atoms with Gasteiger partial charge in [-0.1, -0.05) is 13.0 Å². The maximum absolute atomic E-state index is 13.2. The Bertz CT molecular complexity index is 1210. The Morgan fingerprint density at radius 1 is 1.09 bits per heavy atom. The lowest BCUT2D eigenvalue weighted by atomic mass is 9.98. The quantitative estimate of drug-likeness (QED) is 0.285.